The number of H-pyrrole nitrogens is 1. The molecule has 0 aliphatic carbocycles. The summed E-state index contributed by atoms with van der Waals surface area (Å²) >= 11 is 0. The van der Waals surface area contributed by atoms with E-state index in [0.29, 0.717) is 37.9 Å². The van der Waals surface area contributed by atoms with Crippen LogP contribution in [0.2, 0.25) is 0 Å². The van der Waals surface area contributed by atoms with Crippen molar-refractivity contribution in [1.82, 2.24) is 25.5 Å². The number of carbonyl (C=O) groups is 5. The van der Waals surface area contributed by atoms with Gasteiger partial charge in [0.2, 0.25) is 23.6 Å². The number of hydrogen-bond donors (Lipinski definition) is 7. The van der Waals surface area contributed by atoms with E-state index in [0.717, 1.165) is 0 Å². The summed E-state index contributed by atoms with van der Waals surface area (Å²) in [5.41, 5.74) is 16.9. The Bertz CT molecular complexity index is 892. The highest BCUT2D eigenvalue weighted by Gasteiger charge is 2.38. The zero-order chi connectivity index (χ0) is 26.0. The SMILES string of the molecule is NCCCCC(NC(=O)C1CCCN1C(=O)C(N)CC(N)=O)C(=O)NC(Cc1cnc[nH]1)C(=O)O. The number of likely N-dealkylation sites (tertiary alicyclic amines) is 1. The summed E-state index contributed by atoms with van der Waals surface area (Å²) in [7, 11) is 0. The van der Waals surface area contributed by atoms with E-state index in [-0.39, 0.29) is 25.8 Å². The number of unbranched alkanes of at least 4 members (excludes halogenated alkanes) is 1. The van der Waals surface area contributed by atoms with Crippen LogP contribution in [0.5, 0.6) is 0 Å². The number of rotatable bonds is 14. The third-order valence-electron chi connectivity index (χ3n) is 5.75. The summed E-state index contributed by atoms with van der Waals surface area (Å²) in [5, 5.41) is 14.7. The second-order valence-electron chi connectivity index (χ2n) is 8.49. The molecule has 35 heavy (non-hydrogen) atoms. The van der Waals surface area contributed by atoms with Gasteiger partial charge in [0.05, 0.1) is 18.8 Å². The quantitative estimate of drug-likeness (QED) is 0.133. The second-order valence-corrected chi connectivity index (χ2v) is 8.49. The maximum absolute atomic E-state index is 13.1. The minimum absolute atomic E-state index is 0.0206. The average molecular weight is 495 g/mol. The maximum Gasteiger partial charge on any atom is 0.326 e. The van der Waals surface area contributed by atoms with Crippen molar-refractivity contribution in [3.05, 3.63) is 18.2 Å². The van der Waals surface area contributed by atoms with Crippen molar-refractivity contribution in [3.8, 4) is 0 Å². The Morgan fingerprint density at radius 3 is 2.54 bits per heavy atom. The number of carboxylic acids is 1. The number of carboxylic acid groups (broad SMARTS) is 1. The molecule has 1 aliphatic heterocycles. The van der Waals surface area contributed by atoms with Gasteiger partial charge in [-0.15, -0.1) is 0 Å². The Kier molecular flexibility index (Phi) is 10.6. The fourth-order valence-corrected chi connectivity index (χ4v) is 3.94. The van der Waals surface area contributed by atoms with Crippen LogP contribution in [-0.2, 0) is 30.4 Å². The van der Waals surface area contributed by atoms with E-state index >= 15 is 0 Å². The van der Waals surface area contributed by atoms with E-state index in [1.54, 1.807) is 0 Å². The molecule has 10 N–H and O–H groups in total. The van der Waals surface area contributed by atoms with Gasteiger partial charge in [-0.1, -0.05) is 0 Å². The Labute approximate surface area is 202 Å². The fourth-order valence-electron chi connectivity index (χ4n) is 3.94. The Hall–Kier alpha value is -3.52. The van der Waals surface area contributed by atoms with Crippen molar-refractivity contribution in [1.29, 1.82) is 0 Å². The number of amides is 4. The number of nitrogens with one attached hydrogen (secondary N) is 3. The van der Waals surface area contributed by atoms with Crippen molar-refractivity contribution in [2.45, 2.75) is 69.1 Å². The molecular formula is C21H34N8O6. The lowest BCUT2D eigenvalue weighted by atomic mass is 10.1. The first-order valence-corrected chi connectivity index (χ1v) is 11.5. The molecule has 1 saturated heterocycles. The number of imidazole rings is 1. The van der Waals surface area contributed by atoms with E-state index in [9.17, 15) is 29.1 Å². The van der Waals surface area contributed by atoms with Gasteiger partial charge in [0.15, 0.2) is 0 Å². The van der Waals surface area contributed by atoms with Crippen LogP contribution in [0, 0.1) is 0 Å². The summed E-state index contributed by atoms with van der Waals surface area (Å²) in [6.07, 6.45) is 4.74. The number of primary amides is 1. The van der Waals surface area contributed by atoms with Gasteiger partial charge in [0.25, 0.3) is 0 Å². The maximum atomic E-state index is 13.1. The van der Waals surface area contributed by atoms with Crippen molar-refractivity contribution in [3.63, 3.8) is 0 Å². The van der Waals surface area contributed by atoms with E-state index in [1.165, 1.54) is 17.4 Å². The standard InChI is InChI=1S/C21H34N8O6/c22-6-2-1-4-14(18(31)28-15(21(34)35)8-12-10-25-11-26-12)27-19(32)16-5-3-7-29(16)20(33)13(23)9-17(24)30/h10-11,13-16H,1-9,22-23H2,(H2,24,30)(H,25,26)(H,27,32)(H,28,31)(H,34,35). The first-order valence-electron chi connectivity index (χ1n) is 11.5. The average Bonchev–Trinajstić information content (AvgIpc) is 3.49. The van der Waals surface area contributed by atoms with Gasteiger partial charge in [0, 0.05) is 24.9 Å². The molecule has 2 heterocycles. The molecule has 0 aromatic carbocycles. The summed E-state index contributed by atoms with van der Waals surface area (Å²) in [4.78, 5) is 69.4. The lowest BCUT2D eigenvalue weighted by Crippen LogP contribution is -2.57. The van der Waals surface area contributed by atoms with Gasteiger partial charge in [-0.05, 0) is 38.6 Å². The zero-order valence-corrected chi connectivity index (χ0v) is 19.4. The lowest BCUT2D eigenvalue weighted by molar-refractivity contribution is -0.143. The van der Waals surface area contributed by atoms with Crippen molar-refractivity contribution >= 4 is 29.6 Å². The summed E-state index contributed by atoms with van der Waals surface area (Å²) in [6, 6.07) is -4.31. The number of aromatic nitrogens is 2. The van der Waals surface area contributed by atoms with Gasteiger partial charge in [-0.3, -0.25) is 19.2 Å². The molecule has 4 amide bonds. The zero-order valence-electron chi connectivity index (χ0n) is 19.4. The third kappa shape index (κ3) is 8.33. The molecule has 14 heteroatoms. The molecule has 0 radical (unpaired) electrons. The molecule has 1 fully saturated rings. The minimum Gasteiger partial charge on any atom is -0.480 e. The molecule has 1 aliphatic rings. The summed E-state index contributed by atoms with van der Waals surface area (Å²) in [6.45, 7) is 0.668. The minimum atomic E-state index is -1.24. The topological polar surface area (TPSA) is 240 Å². The number of nitrogens with two attached hydrogens (primary N) is 3. The summed E-state index contributed by atoms with van der Waals surface area (Å²) in [5.74, 6) is -3.77. The predicted molar refractivity (Wildman–Crippen MR) is 123 cm³/mol. The number of nitrogens with zero attached hydrogens (tertiary/aromatic N) is 2. The second kappa shape index (κ2) is 13.4. The van der Waals surface area contributed by atoms with Crippen LogP contribution in [0.15, 0.2) is 12.5 Å². The highest BCUT2D eigenvalue weighted by Crippen LogP contribution is 2.19. The van der Waals surface area contributed by atoms with E-state index in [4.69, 9.17) is 17.2 Å². The number of hydrogen-bond acceptors (Lipinski definition) is 8. The van der Waals surface area contributed by atoms with Crippen molar-refractivity contribution < 1.29 is 29.1 Å². The third-order valence-corrected chi connectivity index (χ3v) is 5.75. The van der Waals surface area contributed by atoms with Crippen LogP contribution in [0.25, 0.3) is 0 Å². The van der Waals surface area contributed by atoms with Gasteiger partial charge in [0.1, 0.15) is 18.1 Å². The van der Waals surface area contributed by atoms with Gasteiger partial charge in [-0.25, -0.2) is 9.78 Å². The highest BCUT2D eigenvalue weighted by molar-refractivity contribution is 5.95. The fraction of sp³-hybridized carbons (Fsp3) is 0.619. The molecule has 0 saturated carbocycles. The molecule has 194 valence electrons. The predicted octanol–water partition coefficient (Wildman–Crippen LogP) is -2.67. The van der Waals surface area contributed by atoms with E-state index in [1.807, 2.05) is 0 Å². The Balaban J connectivity index is 2.09. The van der Waals surface area contributed by atoms with Crippen LogP contribution in [0.3, 0.4) is 0 Å². The monoisotopic (exact) mass is 494 g/mol. The molecule has 4 unspecified atom stereocenters. The van der Waals surface area contributed by atoms with Crippen molar-refractivity contribution in [2.24, 2.45) is 17.2 Å². The highest BCUT2D eigenvalue weighted by atomic mass is 16.4. The van der Waals surface area contributed by atoms with Gasteiger partial charge >= 0.3 is 5.97 Å². The summed E-state index contributed by atoms with van der Waals surface area (Å²) < 4.78 is 0. The molecular weight excluding hydrogens is 460 g/mol. The van der Waals surface area contributed by atoms with E-state index in [2.05, 4.69) is 20.6 Å². The largest absolute Gasteiger partial charge is 0.480 e. The smallest absolute Gasteiger partial charge is 0.326 e. The normalized spacial score (nSPS) is 17.9. The number of carbonyl (C=O) groups excluding carboxylic acids is 4. The number of aliphatic carboxylic acids is 1. The van der Waals surface area contributed by atoms with Gasteiger partial charge < -0.3 is 42.8 Å². The first-order chi connectivity index (χ1) is 16.6. The molecule has 0 spiro atoms. The first kappa shape index (κ1) is 27.7. The Morgan fingerprint density at radius 2 is 1.94 bits per heavy atom. The molecule has 1 aromatic rings. The van der Waals surface area contributed by atoms with Crippen LogP contribution < -0.4 is 27.8 Å². The van der Waals surface area contributed by atoms with Crippen LogP contribution in [0.4, 0.5) is 0 Å². The molecule has 2 rings (SSSR count). The van der Waals surface area contributed by atoms with E-state index < -0.39 is 53.8 Å². The Morgan fingerprint density at radius 1 is 1.20 bits per heavy atom. The molecule has 0 bridgehead atoms. The van der Waals surface area contributed by atoms with Crippen molar-refractivity contribution in [2.75, 3.05) is 13.1 Å². The van der Waals surface area contributed by atoms with Crippen LogP contribution in [-0.4, -0.2) is 86.8 Å². The molecule has 1 aromatic heterocycles. The lowest BCUT2D eigenvalue weighted by Gasteiger charge is -2.28. The van der Waals surface area contributed by atoms with Gasteiger partial charge in [-0.2, -0.15) is 0 Å². The van der Waals surface area contributed by atoms with Crippen LogP contribution >= 0.6 is 0 Å². The van der Waals surface area contributed by atoms with Crippen LogP contribution in [0.1, 0.15) is 44.2 Å². The number of aromatic amines is 1. The molecule has 4 atom stereocenters. The molecule has 14 nitrogen and oxygen atoms in total.